The number of hydrogen-bond donors (Lipinski definition) is 2. The average molecular weight is 424 g/mol. The zero-order valence-corrected chi connectivity index (χ0v) is 18.4. The van der Waals surface area contributed by atoms with Crippen molar-refractivity contribution in [2.45, 2.75) is 45.4 Å². The van der Waals surface area contributed by atoms with Crippen LogP contribution in [0.5, 0.6) is 0 Å². The standard InChI is InChI=1S/C24H29N3O2S/c1-17(2)18-7-9-19(10-8-18)22(28)26-24(30)25-21-13-11-20(12-14-21)23(29)27-15-5-3-4-6-16-27/h7-14,17H,3-6,15-16H2,1-2H3,(H2,25,26,28,30). The smallest absolute Gasteiger partial charge is 0.257 e. The second-order valence-electron chi connectivity index (χ2n) is 7.97. The van der Waals surface area contributed by atoms with Crippen molar-refractivity contribution in [2.24, 2.45) is 0 Å². The summed E-state index contributed by atoms with van der Waals surface area (Å²) < 4.78 is 0. The van der Waals surface area contributed by atoms with E-state index in [1.54, 1.807) is 36.4 Å². The molecule has 158 valence electrons. The Labute approximate surface area is 183 Å². The van der Waals surface area contributed by atoms with E-state index in [2.05, 4.69) is 24.5 Å². The first-order valence-corrected chi connectivity index (χ1v) is 11.0. The molecule has 0 unspecified atom stereocenters. The molecule has 3 rings (SSSR count). The van der Waals surface area contributed by atoms with E-state index in [1.165, 1.54) is 18.4 Å². The topological polar surface area (TPSA) is 61.4 Å². The summed E-state index contributed by atoms with van der Waals surface area (Å²) in [6.45, 7) is 5.88. The molecule has 1 heterocycles. The van der Waals surface area contributed by atoms with Crippen LogP contribution in [-0.4, -0.2) is 34.9 Å². The normalized spacial score (nSPS) is 14.2. The number of thiocarbonyl (C=S) groups is 1. The number of anilines is 1. The number of carbonyl (C=O) groups excluding carboxylic acids is 2. The summed E-state index contributed by atoms with van der Waals surface area (Å²) in [5.74, 6) is 0.235. The fourth-order valence-electron chi connectivity index (χ4n) is 3.51. The molecule has 1 fully saturated rings. The first-order valence-electron chi connectivity index (χ1n) is 10.6. The van der Waals surface area contributed by atoms with Crippen molar-refractivity contribution >= 4 is 34.8 Å². The fraction of sp³-hybridized carbons (Fsp3) is 0.375. The number of nitrogens with one attached hydrogen (secondary N) is 2. The molecule has 0 saturated carbocycles. The van der Waals surface area contributed by atoms with E-state index in [4.69, 9.17) is 12.2 Å². The molecule has 30 heavy (non-hydrogen) atoms. The minimum Gasteiger partial charge on any atom is -0.339 e. The summed E-state index contributed by atoms with van der Waals surface area (Å²) in [5, 5.41) is 5.92. The fourth-order valence-corrected chi connectivity index (χ4v) is 3.72. The van der Waals surface area contributed by atoms with Gasteiger partial charge in [-0.2, -0.15) is 0 Å². The molecule has 1 aliphatic rings. The number of likely N-dealkylation sites (tertiary alicyclic amines) is 1. The molecule has 2 N–H and O–H groups in total. The Hall–Kier alpha value is -2.73. The highest BCUT2D eigenvalue weighted by Gasteiger charge is 2.17. The number of benzene rings is 2. The molecule has 1 aliphatic heterocycles. The van der Waals surface area contributed by atoms with Gasteiger partial charge in [0.1, 0.15) is 0 Å². The highest BCUT2D eigenvalue weighted by Crippen LogP contribution is 2.16. The quantitative estimate of drug-likeness (QED) is 0.683. The van der Waals surface area contributed by atoms with E-state index in [9.17, 15) is 9.59 Å². The minimum absolute atomic E-state index is 0.0733. The van der Waals surface area contributed by atoms with E-state index >= 15 is 0 Å². The highest BCUT2D eigenvalue weighted by atomic mass is 32.1. The Morgan fingerprint density at radius 3 is 2.00 bits per heavy atom. The van der Waals surface area contributed by atoms with Crippen LogP contribution in [0, 0.1) is 0 Å². The zero-order chi connectivity index (χ0) is 21.5. The van der Waals surface area contributed by atoms with Gasteiger partial charge in [0.15, 0.2) is 5.11 Å². The monoisotopic (exact) mass is 423 g/mol. The van der Waals surface area contributed by atoms with Gasteiger partial charge < -0.3 is 10.2 Å². The minimum atomic E-state index is -0.254. The van der Waals surface area contributed by atoms with Gasteiger partial charge in [0.2, 0.25) is 0 Å². The predicted octanol–water partition coefficient (Wildman–Crippen LogP) is 4.95. The first kappa shape index (κ1) is 22.0. The number of carbonyl (C=O) groups is 2. The summed E-state index contributed by atoms with van der Waals surface area (Å²) >= 11 is 5.26. The van der Waals surface area contributed by atoms with Crippen molar-refractivity contribution in [2.75, 3.05) is 18.4 Å². The molecule has 0 atom stereocenters. The van der Waals surface area contributed by atoms with Crippen LogP contribution in [0.25, 0.3) is 0 Å². The molecule has 6 heteroatoms. The summed E-state index contributed by atoms with van der Waals surface area (Å²) in [7, 11) is 0. The Balaban J connectivity index is 1.55. The third-order valence-corrected chi connectivity index (χ3v) is 5.55. The Morgan fingerprint density at radius 1 is 0.867 bits per heavy atom. The molecule has 0 bridgehead atoms. The highest BCUT2D eigenvalue weighted by molar-refractivity contribution is 7.80. The van der Waals surface area contributed by atoms with Crippen molar-refractivity contribution in [1.29, 1.82) is 0 Å². The van der Waals surface area contributed by atoms with Crippen molar-refractivity contribution < 1.29 is 9.59 Å². The lowest BCUT2D eigenvalue weighted by Crippen LogP contribution is -2.34. The first-order chi connectivity index (χ1) is 14.4. The molecule has 0 radical (unpaired) electrons. The summed E-state index contributed by atoms with van der Waals surface area (Å²) in [6, 6.07) is 14.7. The van der Waals surface area contributed by atoms with E-state index < -0.39 is 0 Å². The second-order valence-corrected chi connectivity index (χ2v) is 8.38. The van der Waals surface area contributed by atoms with Crippen molar-refractivity contribution in [3.63, 3.8) is 0 Å². The number of amides is 2. The number of rotatable bonds is 4. The summed E-state index contributed by atoms with van der Waals surface area (Å²) in [5.41, 5.74) is 3.13. The molecular weight excluding hydrogens is 394 g/mol. The molecule has 5 nitrogen and oxygen atoms in total. The van der Waals surface area contributed by atoms with E-state index in [1.807, 2.05) is 17.0 Å². The van der Waals surface area contributed by atoms with E-state index in [0.717, 1.165) is 31.6 Å². The molecule has 0 spiro atoms. The molecular formula is C24H29N3O2S. The third kappa shape index (κ3) is 5.89. The van der Waals surface area contributed by atoms with Gasteiger partial charge in [0.05, 0.1) is 0 Å². The summed E-state index contributed by atoms with van der Waals surface area (Å²) in [4.78, 5) is 27.0. The molecule has 2 amide bonds. The Morgan fingerprint density at radius 2 is 1.43 bits per heavy atom. The molecule has 2 aromatic rings. The van der Waals surface area contributed by atoms with Crippen LogP contribution >= 0.6 is 12.2 Å². The zero-order valence-electron chi connectivity index (χ0n) is 17.6. The van der Waals surface area contributed by atoms with Crippen LogP contribution in [0.2, 0.25) is 0 Å². The number of hydrogen-bond acceptors (Lipinski definition) is 3. The Kier molecular flexibility index (Phi) is 7.57. The average Bonchev–Trinajstić information content (AvgIpc) is 3.03. The Bertz CT molecular complexity index is 884. The van der Waals surface area contributed by atoms with Crippen LogP contribution < -0.4 is 10.6 Å². The molecule has 0 aromatic heterocycles. The summed E-state index contributed by atoms with van der Waals surface area (Å²) in [6.07, 6.45) is 4.52. The van der Waals surface area contributed by atoms with Crippen LogP contribution in [0.15, 0.2) is 48.5 Å². The van der Waals surface area contributed by atoms with Crippen molar-refractivity contribution in [3.05, 3.63) is 65.2 Å². The lowest BCUT2D eigenvalue weighted by molar-refractivity contribution is 0.0761. The molecule has 1 saturated heterocycles. The van der Waals surface area contributed by atoms with Gasteiger partial charge in [0, 0.05) is 29.9 Å². The van der Waals surface area contributed by atoms with Crippen molar-refractivity contribution in [1.82, 2.24) is 10.2 Å². The van der Waals surface area contributed by atoms with Crippen LogP contribution in [-0.2, 0) is 0 Å². The van der Waals surface area contributed by atoms with Gasteiger partial charge >= 0.3 is 0 Å². The van der Waals surface area contributed by atoms with Gasteiger partial charge in [-0.05, 0) is 72.9 Å². The van der Waals surface area contributed by atoms with Gasteiger partial charge in [-0.1, -0.05) is 38.8 Å². The van der Waals surface area contributed by atoms with Crippen LogP contribution in [0.4, 0.5) is 5.69 Å². The van der Waals surface area contributed by atoms with Gasteiger partial charge in [-0.25, -0.2) is 0 Å². The van der Waals surface area contributed by atoms with E-state index in [0.29, 0.717) is 17.0 Å². The number of nitrogens with zero attached hydrogens (tertiary/aromatic N) is 1. The lowest BCUT2D eigenvalue weighted by atomic mass is 10.0. The van der Waals surface area contributed by atoms with Crippen LogP contribution in [0.3, 0.4) is 0 Å². The maximum absolute atomic E-state index is 12.7. The van der Waals surface area contributed by atoms with Crippen LogP contribution in [0.1, 0.15) is 71.7 Å². The third-order valence-electron chi connectivity index (χ3n) is 5.35. The maximum Gasteiger partial charge on any atom is 0.257 e. The maximum atomic E-state index is 12.7. The van der Waals surface area contributed by atoms with Crippen molar-refractivity contribution in [3.8, 4) is 0 Å². The predicted molar refractivity (Wildman–Crippen MR) is 125 cm³/mol. The van der Waals surface area contributed by atoms with Gasteiger partial charge in [0.25, 0.3) is 11.8 Å². The van der Waals surface area contributed by atoms with Gasteiger partial charge in [-0.15, -0.1) is 0 Å². The molecule has 2 aromatic carbocycles. The lowest BCUT2D eigenvalue weighted by Gasteiger charge is -2.20. The largest absolute Gasteiger partial charge is 0.339 e. The second kappa shape index (κ2) is 10.3. The molecule has 0 aliphatic carbocycles. The SMILES string of the molecule is CC(C)c1ccc(C(=O)NC(=S)Nc2ccc(C(=O)N3CCCCCC3)cc2)cc1. The van der Waals surface area contributed by atoms with E-state index in [-0.39, 0.29) is 16.9 Å². The van der Waals surface area contributed by atoms with Gasteiger partial charge in [-0.3, -0.25) is 14.9 Å².